The van der Waals surface area contributed by atoms with Gasteiger partial charge in [0.05, 0.1) is 0 Å². The van der Waals surface area contributed by atoms with E-state index in [1.165, 1.54) is 27.7 Å². The van der Waals surface area contributed by atoms with E-state index in [0.29, 0.717) is 0 Å². The lowest BCUT2D eigenvalue weighted by Gasteiger charge is -2.27. The number of aliphatic hydroxyl groups is 1. The van der Waals surface area contributed by atoms with Crippen LogP contribution >= 0.6 is 0 Å². The van der Waals surface area contributed by atoms with Gasteiger partial charge in [0, 0.05) is 80.2 Å². The molecule has 3 aromatic rings. The SMILES string of the molecule is CCCc1ncc2c(n1)CCN(Cc1cn(CCCO)c3ccccc13)C2. The van der Waals surface area contributed by atoms with E-state index in [1.807, 2.05) is 6.20 Å². The molecule has 1 aliphatic rings. The first-order valence-corrected chi connectivity index (χ1v) is 10.0. The molecule has 142 valence electrons. The fraction of sp³-hybridized carbons (Fsp3) is 0.455. The van der Waals surface area contributed by atoms with Crippen LogP contribution in [0.25, 0.3) is 10.9 Å². The van der Waals surface area contributed by atoms with Gasteiger partial charge in [-0.05, 0) is 24.5 Å². The van der Waals surface area contributed by atoms with Crippen LogP contribution in [-0.2, 0) is 32.5 Å². The Balaban J connectivity index is 1.53. The molecule has 27 heavy (non-hydrogen) atoms. The number of fused-ring (bicyclic) bond motifs is 2. The number of benzene rings is 1. The molecule has 0 aliphatic carbocycles. The minimum absolute atomic E-state index is 0.227. The van der Waals surface area contributed by atoms with E-state index in [2.05, 4.69) is 51.8 Å². The van der Waals surface area contributed by atoms with Gasteiger partial charge < -0.3 is 9.67 Å². The van der Waals surface area contributed by atoms with Gasteiger partial charge in [-0.3, -0.25) is 4.90 Å². The third kappa shape index (κ3) is 3.89. The summed E-state index contributed by atoms with van der Waals surface area (Å²) in [6, 6.07) is 8.57. The summed E-state index contributed by atoms with van der Waals surface area (Å²) in [5.74, 6) is 0.983. The highest BCUT2D eigenvalue weighted by atomic mass is 16.3. The molecule has 0 bridgehead atoms. The van der Waals surface area contributed by atoms with Crippen LogP contribution in [-0.4, -0.2) is 37.7 Å². The predicted octanol–water partition coefficient (Wildman–Crippen LogP) is 3.32. The lowest BCUT2D eigenvalue weighted by Crippen LogP contribution is -2.31. The lowest BCUT2D eigenvalue weighted by atomic mass is 10.1. The van der Waals surface area contributed by atoms with Crippen molar-refractivity contribution in [1.29, 1.82) is 0 Å². The average Bonchev–Trinajstić information content (AvgIpc) is 3.04. The van der Waals surface area contributed by atoms with Gasteiger partial charge in [-0.25, -0.2) is 9.97 Å². The summed E-state index contributed by atoms with van der Waals surface area (Å²) < 4.78 is 2.28. The van der Waals surface area contributed by atoms with Crippen LogP contribution < -0.4 is 0 Å². The molecule has 0 fully saturated rings. The smallest absolute Gasteiger partial charge is 0.128 e. The Morgan fingerprint density at radius 1 is 1.22 bits per heavy atom. The van der Waals surface area contributed by atoms with E-state index in [0.717, 1.165) is 57.7 Å². The highest BCUT2D eigenvalue weighted by Crippen LogP contribution is 2.25. The topological polar surface area (TPSA) is 54.2 Å². The Hall–Kier alpha value is -2.24. The van der Waals surface area contributed by atoms with Crippen LogP contribution in [0.1, 0.15) is 42.4 Å². The third-order valence-corrected chi connectivity index (χ3v) is 5.36. The predicted molar refractivity (Wildman–Crippen MR) is 107 cm³/mol. The van der Waals surface area contributed by atoms with E-state index >= 15 is 0 Å². The molecule has 0 saturated heterocycles. The van der Waals surface area contributed by atoms with E-state index in [1.54, 1.807) is 0 Å². The molecule has 2 aromatic heterocycles. The number of aliphatic hydroxyl groups excluding tert-OH is 1. The van der Waals surface area contributed by atoms with Crippen molar-refractivity contribution in [1.82, 2.24) is 19.4 Å². The second kappa shape index (κ2) is 8.19. The zero-order valence-electron chi connectivity index (χ0n) is 16.1. The molecule has 1 N–H and O–H groups in total. The molecule has 5 nitrogen and oxygen atoms in total. The summed E-state index contributed by atoms with van der Waals surface area (Å²) in [4.78, 5) is 11.8. The van der Waals surface area contributed by atoms with E-state index in [9.17, 15) is 5.11 Å². The maximum Gasteiger partial charge on any atom is 0.128 e. The summed E-state index contributed by atoms with van der Waals surface area (Å²) in [6.45, 7) is 6.13. The van der Waals surface area contributed by atoms with Gasteiger partial charge >= 0.3 is 0 Å². The highest BCUT2D eigenvalue weighted by Gasteiger charge is 2.20. The number of aryl methyl sites for hydroxylation is 2. The molecule has 0 atom stereocenters. The first-order chi connectivity index (χ1) is 13.3. The Morgan fingerprint density at radius 3 is 2.96 bits per heavy atom. The number of hydrogen-bond donors (Lipinski definition) is 1. The fourth-order valence-electron chi connectivity index (χ4n) is 4.01. The maximum atomic E-state index is 9.18. The number of nitrogens with zero attached hydrogens (tertiary/aromatic N) is 4. The van der Waals surface area contributed by atoms with Gasteiger partial charge in [0.25, 0.3) is 0 Å². The number of hydrogen-bond acceptors (Lipinski definition) is 4. The van der Waals surface area contributed by atoms with Gasteiger partial charge in [-0.2, -0.15) is 0 Å². The minimum atomic E-state index is 0.227. The first-order valence-electron chi connectivity index (χ1n) is 10.0. The maximum absolute atomic E-state index is 9.18. The van der Waals surface area contributed by atoms with Crippen LogP contribution in [0.5, 0.6) is 0 Å². The minimum Gasteiger partial charge on any atom is -0.396 e. The molecule has 5 heteroatoms. The van der Waals surface area contributed by atoms with Crippen molar-refractivity contribution in [2.45, 2.75) is 52.2 Å². The molecule has 4 rings (SSSR count). The van der Waals surface area contributed by atoms with Crippen molar-refractivity contribution in [2.75, 3.05) is 13.2 Å². The van der Waals surface area contributed by atoms with Gasteiger partial charge in [-0.15, -0.1) is 0 Å². The van der Waals surface area contributed by atoms with Crippen LogP contribution in [0.15, 0.2) is 36.7 Å². The summed E-state index contributed by atoms with van der Waals surface area (Å²) >= 11 is 0. The highest BCUT2D eigenvalue weighted by molar-refractivity contribution is 5.83. The largest absolute Gasteiger partial charge is 0.396 e. The Kier molecular flexibility index (Phi) is 5.50. The van der Waals surface area contributed by atoms with Crippen molar-refractivity contribution >= 4 is 10.9 Å². The van der Waals surface area contributed by atoms with Crippen LogP contribution in [0.4, 0.5) is 0 Å². The van der Waals surface area contributed by atoms with Crippen molar-refractivity contribution < 1.29 is 5.11 Å². The van der Waals surface area contributed by atoms with Gasteiger partial charge in [0.15, 0.2) is 0 Å². The van der Waals surface area contributed by atoms with Crippen molar-refractivity contribution in [3.8, 4) is 0 Å². The molecule has 3 heterocycles. The molecule has 0 spiro atoms. The van der Waals surface area contributed by atoms with Crippen molar-refractivity contribution in [3.63, 3.8) is 0 Å². The van der Waals surface area contributed by atoms with Gasteiger partial charge in [0.1, 0.15) is 5.82 Å². The molecule has 0 unspecified atom stereocenters. The normalized spacial score (nSPS) is 14.6. The number of rotatable bonds is 7. The molecule has 0 saturated carbocycles. The zero-order chi connectivity index (χ0) is 18.6. The molecule has 0 radical (unpaired) electrons. The van der Waals surface area contributed by atoms with Crippen LogP contribution in [0.3, 0.4) is 0 Å². The quantitative estimate of drug-likeness (QED) is 0.699. The van der Waals surface area contributed by atoms with Gasteiger partial charge in [0.2, 0.25) is 0 Å². The summed E-state index contributed by atoms with van der Waals surface area (Å²) in [5.41, 5.74) is 5.11. The molecule has 1 aliphatic heterocycles. The first kappa shape index (κ1) is 18.1. The van der Waals surface area contributed by atoms with E-state index in [-0.39, 0.29) is 6.61 Å². The van der Waals surface area contributed by atoms with Crippen molar-refractivity contribution in [3.05, 3.63) is 59.3 Å². The Labute approximate surface area is 160 Å². The monoisotopic (exact) mass is 364 g/mol. The van der Waals surface area contributed by atoms with Crippen LogP contribution in [0.2, 0.25) is 0 Å². The summed E-state index contributed by atoms with van der Waals surface area (Å²) in [6.07, 6.45) is 8.13. The fourth-order valence-corrected chi connectivity index (χ4v) is 4.01. The summed E-state index contributed by atoms with van der Waals surface area (Å²) in [7, 11) is 0. The standard InChI is InChI=1S/C22H28N4O/c1-2-6-22-23-13-17-14-25(11-9-20(17)24-22)15-18-16-26(10-5-12-27)21-8-4-3-7-19(18)21/h3-4,7-8,13,16,27H,2,5-6,9-12,14-15H2,1H3. The molecular weight excluding hydrogens is 336 g/mol. The van der Waals surface area contributed by atoms with Crippen LogP contribution in [0, 0.1) is 0 Å². The van der Waals surface area contributed by atoms with Gasteiger partial charge in [-0.1, -0.05) is 25.1 Å². The molecule has 1 aromatic carbocycles. The zero-order valence-corrected chi connectivity index (χ0v) is 16.1. The molecule has 0 amide bonds. The van der Waals surface area contributed by atoms with E-state index in [4.69, 9.17) is 4.98 Å². The third-order valence-electron chi connectivity index (χ3n) is 5.36. The second-order valence-electron chi connectivity index (χ2n) is 7.41. The van der Waals surface area contributed by atoms with Crippen molar-refractivity contribution in [2.24, 2.45) is 0 Å². The molecular formula is C22H28N4O. The number of para-hydroxylation sites is 1. The number of aromatic nitrogens is 3. The average molecular weight is 364 g/mol. The second-order valence-corrected chi connectivity index (χ2v) is 7.41. The Morgan fingerprint density at radius 2 is 2.11 bits per heavy atom. The Bertz CT molecular complexity index is 918. The van der Waals surface area contributed by atoms with E-state index < -0.39 is 0 Å². The summed E-state index contributed by atoms with van der Waals surface area (Å²) in [5, 5.41) is 10.5. The lowest BCUT2D eigenvalue weighted by molar-refractivity contribution is 0.243.